The summed E-state index contributed by atoms with van der Waals surface area (Å²) in [7, 11) is 0. The van der Waals surface area contributed by atoms with Gasteiger partial charge in [-0.05, 0) is 6.92 Å². The maximum absolute atomic E-state index is 6.05. The minimum absolute atomic E-state index is 0. The van der Waals surface area contributed by atoms with Crippen LogP contribution < -0.4 is 17.7 Å². The molecule has 1 nitrogen and oxygen atoms in total. The molecule has 2 unspecified atom stereocenters. The van der Waals surface area contributed by atoms with Crippen molar-refractivity contribution in [2.45, 2.75) is 34.8 Å². The Labute approximate surface area is 111 Å². The van der Waals surface area contributed by atoms with Crippen LogP contribution in [0, 0.1) is 0 Å². The molecule has 14 heavy (non-hydrogen) atoms. The Hall–Kier alpha value is 1.47. The molecule has 1 saturated heterocycles. The van der Waals surface area contributed by atoms with E-state index in [4.69, 9.17) is 34.8 Å². The second-order valence-corrected chi connectivity index (χ2v) is 7.13. The fraction of sp³-hybridized carbons (Fsp3) is 1.00. The van der Waals surface area contributed by atoms with Crippen molar-refractivity contribution in [3.63, 3.8) is 0 Å². The Bertz CT molecular complexity index is 185. The van der Waals surface area contributed by atoms with E-state index in [1.807, 2.05) is 11.8 Å². The second-order valence-electron chi connectivity index (χ2n) is 3.40. The number of rotatable bonds is 1. The predicted octanol–water partition coefficient (Wildman–Crippen LogP) is -0.792. The molecule has 0 spiro atoms. The molecule has 6 heteroatoms. The number of alkyl halides is 3. The average Bonchev–Trinajstić information content (AvgIpc) is 2.03. The number of hydrogen-bond acceptors (Lipinski definition) is 1. The molecule has 0 aromatic rings. The number of quaternary nitrogens is 1. The van der Waals surface area contributed by atoms with Gasteiger partial charge in [-0.25, -0.2) is 0 Å². The lowest BCUT2D eigenvalue weighted by molar-refractivity contribution is -0.725. The van der Waals surface area contributed by atoms with Crippen LogP contribution in [-0.2, 0) is 0 Å². The average molecular weight is 299 g/mol. The van der Waals surface area contributed by atoms with E-state index in [1.54, 1.807) is 0 Å². The molecule has 86 valence electrons. The van der Waals surface area contributed by atoms with Crippen molar-refractivity contribution in [2.24, 2.45) is 0 Å². The van der Waals surface area contributed by atoms with E-state index in [1.165, 1.54) is 0 Å². The summed E-state index contributed by atoms with van der Waals surface area (Å²) in [5.41, 5.74) is -0.249. The number of thioether (sulfide) groups is 1. The van der Waals surface area contributed by atoms with Gasteiger partial charge >= 0.3 is 0 Å². The lowest BCUT2D eigenvalue weighted by Gasteiger charge is -2.43. The molecule has 1 heterocycles. The van der Waals surface area contributed by atoms with Crippen molar-refractivity contribution in [2.75, 3.05) is 12.3 Å². The molecule has 1 rings (SSSR count). The van der Waals surface area contributed by atoms with Gasteiger partial charge in [0.05, 0.1) is 11.8 Å². The second kappa shape index (κ2) is 5.70. The summed E-state index contributed by atoms with van der Waals surface area (Å²) in [5, 5.41) is 2.58. The van der Waals surface area contributed by atoms with E-state index in [9.17, 15) is 0 Å². The largest absolute Gasteiger partial charge is 1.00 e. The van der Waals surface area contributed by atoms with Crippen LogP contribution in [0.4, 0.5) is 0 Å². The summed E-state index contributed by atoms with van der Waals surface area (Å²) in [4.78, 5) is 0. The van der Waals surface area contributed by atoms with Crippen LogP contribution >= 0.6 is 46.6 Å². The summed E-state index contributed by atoms with van der Waals surface area (Å²) in [6.07, 6.45) is 0.887. The highest BCUT2D eigenvalue weighted by Crippen LogP contribution is 2.44. The van der Waals surface area contributed by atoms with Crippen LogP contribution in [-0.4, -0.2) is 26.9 Å². The normalized spacial score (nSPS) is 33.6. The molecule has 0 aromatic carbocycles. The van der Waals surface area contributed by atoms with Crippen LogP contribution in [0.2, 0.25) is 0 Å². The first-order chi connectivity index (χ1) is 5.94. The molecule has 0 bridgehead atoms. The maximum Gasteiger partial charge on any atom is 0.245 e. The molecule has 0 radical (unpaired) electrons. The summed E-state index contributed by atoms with van der Waals surface area (Å²) in [5.74, 6) is 1.14. The van der Waals surface area contributed by atoms with Crippen molar-refractivity contribution >= 4 is 46.6 Å². The van der Waals surface area contributed by atoms with E-state index in [0.29, 0.717) is 5.25 Å². The first-order valence-electron chi connectivity index (χ1n) is 4.46. The van der Waals surface area contributed by atoms with Crippen LogP contribution in [0.5, 0.6) is 0 Å². The Kier molecular flexibility index (Phi) is 6.29. The molecule has 2 atom stereocenters. The molecular weight excluding hydrogens is 284 g/mol. The number of halogens is 4. The zero-order chi connectivity index (χ0) is 10.1. The van der Waals surface area contributed by atoms with Gasteiger partial charge in [-0.1, -0.05) is 41.7 Å². The highest BCUT2D eigenvalue weighted by Gasteiger charge is 2.56. The fourth-order valence-corrected chi connectivity index (χ4v) is 4.52. The number of hydrogen-bond donors (Lipinski definition) is 1. The van der Waals surface area contributed by atoms with E-state index < -0.39 is 3.79 Å². The molecule has 1 fully saturated rings. The standard InChI is InChI=1S/C8H14Cl3NS.ClH/c1-3-7(8(9,10)11)6(2)13-5-4-12-7;/h6,12H,3-5H2,1-2H3;1H. The summed E-state index contributed by atoms with van der Waals surface area (Å²) >= 11 is 20.0. The lowest BCUT2D eigenvalue weighted by Crippen LogP contribution is -3.04. The van der Waals surface area contributed by atoms with E-state index in [2.05, 4.69) is 19.2 Å². The van der Waals surface area contributed by atoms with Crippen LogP contribution in [0.15, 0.2) is 0 Å². The molecule has 1 aliphatic rings. The molecule has 0 aromatic heterocycles. The van der Waals surface area contributed by atoms with Crippen molar-refractivity contribution in [3.8, 4) is 0 Å². The van der Waals surface area contributed by atoms with Gasteiger partial charge < -0.3 is 17.7 Å². The Balaban J connectivity index is 0.00000169. The third kappa shape index (κ3) is 2.78. The smallest absolute Gasteiger partial charge is 0.245 e. The minimum atomic E-state index is -1.17. The monoisotopic (exact) mass is 297 g/mol. The Morgan fingerprint density at radius 1 is 1.50 bits per heavy atom. The van der Waals surface area contributed by atoms with E-state index >= 15 is 0 Å². The van der Waals surface area contributed by atoms with Gasteiger partial charge in [0.2, 0.25) is 3.79 Å². The van der Waals surface area contributed by atoms with E-state index in [-0.39, 0.29) is 17.9 Å². The third-order valence-corrected chi connectivity index (χ3v) is 5.28. The topological polar surface area (TPSA) is 16.6 Å². The van der Waals surface area contributed by atoms with Crippen LogP contribution in [0.25, 0.3) is 0 Å². The Morgan fingerprint density at radius 3 is 2.36 bits per heavy atom. The first kappa shape index (κ1) is 15.5. The first-order valence-corrected chi connectivity index (χ1v) is 6.65. The zero-order valence-electron chi connectivity index (χ0n) is 8.20. The number of nitrogens with two attached hydrogens (primary N) is 1. The van der Waals surface area contributed by atoms with Gasteiger partial charge in [0.1, 0.15) is 0 Å². The van der Waals surface area contributed by atoms with Crippen molar-refractivity contribution < 1.29 is 17.7 Å². The SMILES string of the molecule is CCC1(C(Cl)(Cl)Cl)[NH2+]CCSC1C.[Cl-]. The molecular formula is C8H15Cl4NS. The van der Waals surface area contributed by atoms with Gasteiger partial charge in [-0.2, -0.15) is 0 Å². The molecule has 2 N–H and O–H groups in total. The Morgan fingerprint density at radius 2 is 2.07 bits per heavy atom. The molecule has 0 aliphatic carbocycles. The third-order valence-electron chi connectivity index (χ3n) is 2.83. The van der Waals surface area contributed by atoms with Crippen molar-refractivity contribution in [3.05, 3.63) is 0 Å². The highest BCUT2D eigenvalue weighted by atomic mass is 35.6. The molecule has 0 saturated carbocycles. The predicted molar refractivity (Wildman–Crippen MR) is 62.0 cm³/mol. The minimum Gasteiger partial charge on any atom is -1.00 e. The highest BCUT2D eigenvalue weighted by molar-refractivity contribution is 8.00. The fourth-order valence-electron chi connectivity index (χ4n) is 1.85. The summed E-state index contributed by atoms with van der Waals surface area (Å²) in [6, 6.07) is 0. The van der Waals surface area contributed by atoms with Gasteiger partial charge in [-0.15, -0.1) is 11.8 Å². The zero-order valence-corrected chi connectivity index (χ0v) is 12.0. The quantitative estimate of drug-likeness (QED) is 0.628. The van der Waals surface area contributed by atoms with Crippen molar-refractivity contribution in [1.82, 2.24) is 0 Å². The van der Waals surface area contributed by atoms with Crippen molar-refractivity contribution in [1.29, 1.82) is 0 Å². The van der Waals surface area contributed by atoms with Crippen LogP contribution in [0.3, 0.4) is 0 Å². The van der Waals surface area contributed by atoms with Crippen LogP contribution in [0.1, 0.15) is 20.3 Å². The summed E-state index contributed by atoms with van der Waals surface area (Å²) < 4.78 is -1.17. The lowest BCUT2D eigenvalue weighted by atomic mass is 9.93. The molecule has 1 aliphatic heterocycles. The van der Waals surface area contributed by atoms with Gasteiger partial charge in [0.15, 0.2) is 5.54 Å². The van der Waals surface area contributed by atoms with E-state index in [0.717, 1.165) is 18.7 Å². The molecule has 0 amide bonds. The maximum atomic E-state index is 6.05. The van der Waals surface area contributed by atoms with Gasteiger partial charge in [0.25, 0.3) is 0 Å². The van der Waals surface area contributed by atoms with Gasteiger partial charge in [-0.3, -0.25) is 0 Å². The van der Waals surface area contributed by atoms with Gasteiger partial charge in [0, 0.05) is 12.2 Å². The summed E-state index contributed by atoms with van der Waals surface area (Å²) in [6.45, 7) is 5.27.